The van der Waals surface area contributed by atoms with Gasteiger partial charge in [0.15, 0.2) is 6.61 Å². The van der Waals surface area contributed by atoms with Crippen LogP contribution in [0.15, 0.2) is 35.2 Å². The molecule has 6 nitrogen and oxygen atoms in total. The van der Waals surface area contributed by atoms with E-state index in [0.717, 1.165) is 12.8 Å². The molecule has 1 aromatic carbocycles. The van der Waals surface area contributed by atoms with Crippen molar-refractivity contribution in [1.82, 2.24) is 0 Å². The molecule has 0 aromatic heterocycles. The molecule has 0 aliphatic carbocycles. The number of benzene rings is 1. The van der Waals surface area contributed by atoms with Gasteiger partial charge in [-0.2, -0.15) is 8.42 Å². The van der Waals surface area contributed by atoms with E-state index in [4.69, 9.17) is 0 Å². The lowest BCUT2D eigenvalue weighted by molar-refractivity contribution is -0.153. The molecule has 0 spiro atoms. The second-order valence-electron chi connectivity index (χ2n) is 4.34. The summed E-state index contributed by atoms with van der Waals surface area (Å²) >= 11 is 0. The Kier molecular flexibility index (Phi) is 6.87. The van der Waals surface area contributed by atoms with Crippen molar-refractivity contribution in [2.75, 3.05) is 6.61 Å². The minimum Gasteiger partial charge on any atom is -0.454 e. The molecule has 0 bridgehead atoms. The van der Waals surface area contributed by atoms with Gasteiger partial charge >= 0.3 is 22.1 Å². The molecular formula is C14H18O6S. The van der Waals surface area contributed by atoms with Gasteiger partial charge in [-0.1, -0.05) is 38.0 Å². The molecule has 0 aliphatic heterocycles. The minimum absolute atomic E-state index is 0.132. The van der Waals surface area contributed by atoms with Crippen LogP contribution in [-0.4, -0.2) is 27.0 Å². The van der Waals surface area contributed by atoms with Crippen molar-refractivity contribution in [2.24, 2.45) is 0 Å². The first kappa shape index (κ1) is 17.2. The van der Waals surface area contributed by atoms with Crippen LogP contribution in [0.25, 0.3) is 0 Å². The van der Waals surface area contributed by atoms with E-state index in [1.807, 2.05) is 6.92 Å². The standard InChI is InChI=1S/C14H18O6S/c1-2-3-5-10-13(15)19-11-14(16)20-21(17,18)12-8-6-4-7-9-12/h4,6-9H,2-3,5,10-11H2,1H3. The Morgan fingerprint density at radius 1 is 1.05 bits per heavy atom. The van der Waals surface area contributed by atoms with Gasteiger partial charge in [0.2, 0.25) is 0 Å². The number of hydrogen-bond donors (Lipinski definition) is 0. The molecule has 0 aliphatic rings. The summed E-state index contributed by atoms with van der Waals surface area (Å²) in [5, 5.41) is 0. The van der Waals surface area contributed by atoms with Crippen LogP contribution in [0.1, 0.15) is 32.6 Å². The molecule has 1 rings (SSSR count). The molecule has 0 fully saturated rings. The summed E-state index contributed by atoms with van der Waals surface area (Å²) in [6.45, 7) is 1.29. The third kappa shape index (κ3) is 6.40. The molecular weight excluding hydrogens is 296 g/mol. The lowest BCUT2D eigenvalue weighted by atomic mass is 10.2. The van der Waals surface area contributed by atoms with Crippen molar-refractivity contribution in [2.45, 2.75) is 37.5 Å². The van der Waals surface area contributed by atoms with E-state index in [-0.39, 0.29) is 11.3 Å². The highest BCUT2D eigenvalue weighted by molar-refractivity contribution is 7.87. The van der Waals surface area contributed by atoms with Crippen LogP contribution in [0.2, 0.25) is 0 Å². The van der Waals surface area contributed by atoms with Crippen LogP contribution in [0.3, 0.4) is 0 Å². The van der Waals surface area contributed by atoms with Gasteiger partial charge in [0.25, 0.3) is 0 Å². The molecule has 21 heavy (non-hydrogen) atoms. The van der Waals surface area contributed by atoms with Crippen molar-refractivity contribution >= 4 is 22.1 Å². The maximum absolute atomic E-state index is 11.7. The van der Waals surface area contributed by atoms with Gasteiger partial charge in [-0.3, -0.25) is 4.79 Å². The topological polar surface area (TPSA) is 86.7 Å². The summed E-state index contributed by atoms with van der Waals surface area (Å²) in [5.74, 6) is -1.67. The van der Waals surface area contributed by atoms with Gasteiger partial charge < -0.3 is 8.92 Å². The van der Waals surface area contributed by atoms with Crippen LogP contribution in [-0.2, 0) is 28.6 Å². The average Bonchev–Trinajstić information content (AvgIpc) is 2.46. The monoisotopic (exact) mass is 314 g/mol. The minimum atomic E-state index is -4.17. The van der Waals surface area contributed by atoms with Gasteiger partial charge in [0, 0.05) is 6.42 Å². The maximum atomic E-state index is 11.7. The van der Waals surface area contributed by atoms with Gasteiger partial charge in [-0.05, 0) is 18.6 Å². The van der Waals surface area contributed by atoms with E-state index in [0.29, 0.717) is 6.42 Å². The first-order valence-electron chi connectivity index (χ1n) is 6.63. The van der Waals surface area contributed by atoms with Gasteiger partial charge in [0.05, 0.1) is 0 Å². The van der Waals surface area contributed by atoms with Gasteiger partial charge in [-0.15, -0.1) is 0 Å². The predicted octanol–water partition coefficient (Wildman–Crippen LogP) is 2.04. The van der Waals surface area contributed by atoms with E-state index < -0.39 is 28.7 Å². The van der Waals surface area contributed by atoms with E-state index in [9.17, 15) is 18.0 Å². The molecule has 0 N–H and O–H groups in total. The molecule has 0 heterocycles. The Labute approximate surface area is 124 Å². The highest BCUT2D eigenvalue weighted by atomic mass is 32.2. The maximum Gasteiger partial charge on any atom is 0.360 e. The lowest BCUT2D eigenvalue weighted by Gasteiger charge is -2.06. The molecule has 7 heteroatoms. The zero-order valence-corrected chi connectivity index (χ0v) is 12.6. The number of rotatable bonds is 8. The summed E-state index contributed by atoms with van der Waals surface area (Å²) in [5.41, 5.74) is 0. The molecule has 1 aromatic rings. The number of carbonyl (C=O) groups excluding carboxylic acids is 2. The van der Waals surface area contributed by atoms with Gasteiger partial charge in [-0.25, -0.2) is 4.79 Å². The van der Waals surface area contributed by atoms with Crippen LogP contribution in [0.5, 0.6) is 0 Å². The molecule has 0 unspecified atom stereocenters. The molecule has 0 saturated heterocycles. The molecule has 0 atom stereocenters. The molecule has 116 valence electrons. The smallest absolute Gasteiger partial charge is 0.360 e. The number of unbranched alkanes of at least 4 members (excludes halogenated alkanes) is 2. The zero-order valence-electron chi connectivity index (χ0n) is 11.8. The van der Waals surface area contributed by atoms with E-state index >= 15 is 0 Å². The lowest BCUT2D eigenvalue weighted by Crippen LogP contribution is -2.20. The van der Waals surface area contributed by atoms with Crippen molar-refractivity contribution in [1.29, 1.82) is 0 Å². The van der Waals surface area contributed by atoms with Crippen molar-refractivity contribution < 1.29 is 26.9 Å². The first-order valence-corrected chi connectivity index (χ1v) is 8.04. The normalized spacial score (nSPS) is 10.9. The highest BCUT2D eigenvalue weighted by Gasteiger charge is 2.20. The fourth-order valence-corrected chi connectivity index (χ4v) is 2.39. The Morgan fingerprint density at radius 3 is 2.33 bits per heavy atom. The average molecular weight is 314 g/mol. The second-order valence-corrected chi connectivity index (χ2v) is 5.89. The summed E-state index contributed by atoms with van der Waals surface area (Å²) in [7, 11) is -4.17. The SMILES string of the molecule is CCCCCC(=O)OCC(=O)OS(=O)(=O)c1ccccc1. The molecule has 0 saturated carbocycles. The Morgan fingerprint density at radius 2 is 1.71 bits per heavy atom. The Hall–Kier alpha value is -1.89. The quantitative estimate of drug-likeness (QED) is 0.414. The van der Waals surface area contributed by atoms with Crippen LogP contribution < -0.4 is 0 Å². The van der Waals surface area contributed by atoms with Crippen molar-refractivity contribution in [3.8, 4) is 0 Å². The fourth-order valence-electron chi connectivity index (χ4n) is 1.51. The van der Waals surface area contributed by atoms with E-state index in [1.165, 1.54) is 24.3 Å². The van der Waals surface area contributed by atoms with Crippen LogP contribution >= 0.6 is 0 Å². The number of esters is 1. The fraction of sp³-hybridized carbons (Fsp3) is 0.429. The number of carbonyl (C=O) groups is 2. The summed E-state index contributed by atoms with van der Waals surface area (Å²) in [6, 6.07) is 7.26. The Bertz CT molecular complexity index is 564. The third-order valence-corrected chi connectivity index (χ3v) is 3.82. The summed E-state index contributed by atoms with van der Waals surface area (Å²) in [4.78, 5) is 22.5. The van der Waals surface area contributed by atoms with Crippen LogP contribution in [0.4, 0.5) is 0 Å². The molecule has 0 amide bonds. The first-order chi connectivity index (χ1) is 9.95. The van der Waals surface area contributed by atoms with E-state index in [1.54, 1.807) is 6.07 Å². The Balaban J connectivity index is 2.42. The predicted molar refractivity (Wildman–Crippen MR) is 74.8 cm³/mol. The summed E-state index contributed by atoms with van der Waals surface area (Å²) in [6.07, 6.45) is 2.73. The third-order valence-electron chi connectivity index (χ3n) is 2.57. The van der Waals surface area contributed by atoms with E-state index in [2.05, 4.69) is 8.92 Å². The largest absolute Gasteiger partial charge is 0.454 e. The number of hydrogen-bond acceptors (Lipinski definition) is 6. The number of ether oxygens (including phenoxy) is 1. The van der Waals surface area contributed by atoms with Gasteiger partial charge in [0.1, 0.15) is 4.90 Å². The van der Waals surface area contributed by atoms with Crippen LogP contribution in [0, 0.1) is 0 Å². The highest BCUT2D eigenvalue weighted by Crippen LogP contribution is 2.11. The van der Waals surface area contributed by atoms with Crippen molar-refractivity contribution in [3.05, 3.63) is 30.3 Å². The second kappa shape index (κ2) is 8.41. The zero-order chi connectivity index (χ0) is 15.7. The molecule has 0 radical (unpaired) electrons. The summed E-state index contributed by atoms with van der Waals surface area (Å²) < 4.78 is 32.4. The van der Waals surface area contributed by atoms with Crippen molar-refractivity contribution in [3.63, 3.8) is 0 Å².